The molecule has 138 valence electrons. The van der Waals surface area contributed by atoms with E-state index in [1.54, 1.807) is 11.9 Å². The molecule has 3 amide bonds. The van der Waals surface area contributed by atoms with E-state index in [4.69, 9.17) is 9.84 Å². The molecule has 1 fully saturated rings. The van der Waals surface area contributed by atoms with Gasteiger partial charge in [0.1, 0.15) is 12.4 Å². The molecule has 2 N–H and O–H groups in total. The number of carboxylic acid groups (broad SMARTS) is 1. The van der Waals surface area contributed by atoms with Crippen LogP contribution in [-0.4, -0.2) is 76.1 Å². The summed E-state index contributed by atoms with van der Waals surface area (Å²) < 4.78 is 5.67. The third-order valence-electron chi connectivity index (χ3n) is 3.99. The number of carbonyl (C=O) groups excluding carboxylic acids is 2. The number of likely N-dealkylation sites (N-methyl/N-ethyl adjacent to an activating group) is 1. The lowest BCUT2D eigenvalue weighted by molar-refractivity contribution is -0.134. The quantitative estimate of drug-likeness (QED) is 0.738. The van der Waals surface area contributed by atoms with Gasteiger partial charge in [0.15, 0.2) is 17.4 Å². The fourth-order valence-electron chi connectivity index (χ4n) is 2.76. The second-order valence-electron chi connectivity index (χ2n) is 5.71. The third-order valence-corrected chi connectivity index (χ3v) is 4.98. The maximum absolute atomic E-state index is 12.3. The van der Waals surface area contributed by atoms with Crippen molar-refractivity contribution in [2.24, 2.45) is 4.99 Å². The molecule has 2 heterocycles. The van der Waals surface area contributed by atoms with Crippen LogP contribution in [-0.2, 0) is 9.59 Å². The molecule has 0 aromatic heterocycles. The Morgan fingerprint density at radius 1 is 1.35 bits per heavy atom. The molecule has 9 nitrogen and oxygen atoms in total. The number of carboxylic acids is 1. The van der Waals surface area contributed by atoms with Crippen LogP contribution in [0, 0.1) is 0 Å². The van der Waals surface area contributed by atoms with Crippen LogP contribution < -0.4 is 10.1 Å². The number of imide groups is 1. The number of benzene rings is 1. The number of nitrogens with one attached hydrogen (secondary N) is 1. The molecule has 2 aliphatic rings. The smallest absolute Gasteiger partial charge is 0.325 e. The first-order chi connectivity index (χ1) is 12.5. The van der Waals surface area contributed by atoms with Crippen molar-refractivity contribution in [1.82, 2.24) is 15.1 Å². The van der Waals surface area contributed by atoms with Gasteiger partial charge >= 0.3 is 12.0 Å². The second-order valence-corrected chi connectivity index (χ2v) is 6.66. The monoisotopic (exact) mass is 378 g/mol. The first-order valence-corrected chi connectivity index (χ1v) is 8.90. The molecule has 2 aliphatic heterocycles. The van der Waals surface area contributed by atoms with Crippen molar-refractivity contribution >= 4 is 34.8 Å². The van der Waals surface area contributed by atoms with E-state index >= 15 is 0 Å². The van der Waals surface area contributed by atoms with E-state index in [0.29, 0.717) is 17.5 Å². The average molecular weight is 378 g/mol. The summed E-state index contributed by atoms with van der Waals surface area (Å²) in [7, 11) is 1.55. The summed E-state index contributed by atoms with van der Waals surface area (Å²) >= 11 is 1.02. The average Bonchev–Trinajstić information content (AvgIpc) is 2.98. The molecule has 1 saturated heterocycles. The lowest BCUT2D eigenvalue weighted by Crippen LogP contribution is -2.63. The number of nitrogens with zero attached hydrogens (tertiary/aromatic N) is 3. The SMILES string of the molecule is CN1C(=O)NC(=O)C2C1N=C(SCC(=O)O)N2CCOc1ccccc1. The Balaban J connectivity index is 1.73. The number of thioether (sulfide) groups is 1. The van der Waals surface area contributed by atoms with Gasteiger partial charge in [0.25, 0.3) is 5.91 Å². The first-order valence-electron chi connectivity index (χ1n) is 7.92. The zero-order valence-corrected chi connectivity index (χ0v) is 14.8. The molecule has 0 radical (unpaired) electrons. The van der Waals surface area contributed by atoms with Crippen LogP contribution in [0.25, 0.3) is 0 Å². The minimum Gasteiger partial charge on any atom is -0.492 e. The minimum atomic E-state index is -0.984. The van der Waals surface area contributed by atoms with Crippen LogP contribution in [0.15, 0.2) is 35.3 Å². The Labute approximate surface area is 154 Å². The number of amidine groups is 1. The number of para-hydroxylation sites is 1. The fourth-order valence-corrected chi connectivity index (χ4v) is 3.57. The molecule has 1 aromatic rings. The predicted molar refractivity (Wildman–Crippen MR) is 95.0 cm³/mol. The topological polar surface area (TPSA) is 112 Å². The third kappa shape index (κ3) is 3.74. The standard InChI is InChI=1S/C16H18N4O5S/c1-19-13-12(14(23)18-15(19)24)20(16(17-13)26-9-11(21)22)7-8-25-10-5-3-2-4-6-10/h2-6,12-13H,7-9H2,1H3,(H,21,22)(H,18,23,24). The van der Waals surface area contributed by atoms with Gasteiger partial charge < -0.3 is 19.6 Å². The van der Waals surface area contributed by atoms with Gasteiger partial charge in [-0.2, -0.15) is 0 Å². The molecule has 10 heteroatoms. The van der Waals surface area contributed by atoms with Gasteiger partial charge in [-0.1, -0.05) is 30.0 Å². The number of amides is 3. The van der Waals surface area contributed by atoms with E-state index in [1.165, 1.54) is 4.90 Å². The molecule has 26 heavy (non-hydrogen) atoms. The summed E-state index contributed by atoms with van der Waals surface area (Å²) in [5.41, 5.74) is 0. The number of carbonyl (C=O) groups is 3. The summed E-state index contributed by atoms with van der Waals surface area (Å²) in [5.74, 6) is -0.928. The van der Waals surface area contributed by atoms with Crippen molar-refractivity contribution in [3.63, 3.8) is 0 Å². The Morgan fingerprint density at radius 3 is 2.77 bits per heavy atom. The second kappa shape index (κ2) is 7.65. The van der Waals surface area contributed by atoms with Gasteiger partial charge in [0.2, 0.25) is 0 Å². The van der Waals surface area contributed by atoms with Crippen molar-refractivity contribution < 1.29 is 24.2 Å². The summed E-state index contributed by atoms with van der Waals surface area (Å²) in [6, 6.07) is 8.00. The number of rotatable bonds is 6. The highest BCUT2D eigenvalue weighted by molar-refractivity contribution is 8.14. The van der Waals surface area contributed by atoms with Gasteiger partial charge in [-0.05, 0) is 12.1 Å². The highest BCUT2D eigenvalue weighted by atomic mass is 32.2. The molecule has 0 spiro atoms. The summed E-state index contributed by atoms with van der Waals surface area (Å²) in [4.78, 5) is 42.5. The lowest BCUT2D eigenvalue weighted by Gasteiger charge is -2.36. The number of hydrogen-bond acceptors (Lipinski definition) is 7. The molecular formula is C16H18N4O5S. The number of aliphatic imine (C=N–C) groups is 1. The Bertz CT molecular complexity index is 741. The molecule has 3 rings (SSSR count). The van der Waals surface area contributed by atoms with Crippen molar-refractivity contribution in [3.05, 3.63) is 30.3 Å². The molecule has 2 unspecified atom stereocenters. The lowest BCUT2D eigenvalue weighted by atomic mass is 10.1. The summed E-state index contributed by atoms with van der Waals surface area (Å²) in [5, 5.41) is 11.6. The van der Waals surface area contributed by atoms with E-state index in [9.17, 15) is 14.4 Å². The van der Waals surface area contributed by atoms with E-state index in [-0.39, 0.29) is 12.4 Å². The maximum Gasteiger partial charge on any atom is 0.325 e. The highest BCUT2D eigenvalue weighted by Gasteiger charge is 2.48. The maximum atomic E-state index is 12.3. The Morgan fingerprint density at radius 2 is 2.08 bits per heavy atom. The number of urea groups is 1. The molecule has 0 bridgehead atoms. The minimum absolute atomic E-state index is 0.187. The van der Waals surface area contributed by atoms with Crippen LogP contribution in [0.4, 0.5) is 4.79 Å². The Kier molecular flexibility index (Phi) is 5.31. The number of ether oxygens (including phenoxy) is 1. The zero-order chi connectivity index (χ0) is 18.7. The van der Waals surface area contributed by atoms with Crippen LogP contribution in [0.5, 0.6) is 5.75 Å². The molecule has 2 atom stereocenters. The largest absolute Gasteiger partial charge is 0.492 e. The van der Waals surface area contributed by atoms with Gasteiger partial charge in [0.05, 0.1) is 12.3 Å². The molecule has 0 saturated carbocycles. The van der Waals surface area contributed by atoms with Gasteiger partial charge in [-0.3, -0.25) is 14.9 Å². The van der Waals surface area contributed by atoms with Crippen LogP contribution in [0.1, 0.15) is 0 Å². The summed E-state index contributed by atoms with van der Waals surface area (Å²) in [6.45, 7) is 0.613. The van der Waals surface area contributed by atoms with Gasteiger partial charge in [0, 0.05) is 7.05 Å². The van der Waals surface area contributed by atoms with Gasteiger partial charge in [-0.15, -0.1) is 0 Å². The first kappa shape index (κ1) is 18.1. The number of aliphatic carboxylic acids is 1. The molecular weight excluding hydrogens is 360 g/mol. The van der Waals surface area contributed by atoms with E-state index < -0.39 is 30.1 Å². The van der Waals surface area contributed by atoms with Crippen LogP contribution in [0.3, 0.4) is 0 Å². The zero-order valence-electron chi connectivity index (χ0n) is 14.0. The van der Waals surface area contributed by atoms with Crippen LogP contribution in [0.2, 0.25) is 0 Å². The number of fused-ring (bicyclic) bond motifs is 1. The van der Waals surface area contributed by atoms with Crippen molar-refractivity contribution in [1.29, 1.82) is 0 Å². The normalized spacial score (nSPS) is 22.0. The highest BCUT2D eigenvalue weighted by Crippen LogP contribution is 2.28. The van der Waals surface area contributed by atoms with Crippen molar-refractivity contribution in [2.45, 2.75) is 12.2 Å². The number of hydrogen-bond donors (Lipinski definition) is 2. The van der Waals surface area contributed by atoms with Crippen molar-refractivity contribution in [3.8, 4) is 5.75 Å². The van der Waals surface area contributed by atoms with Crippen molar-refractivity contribution in [2.75, 3.05) is 26.0 Å². The van der Waals surface area contributed by atoms with E-state index in [2.05, 4.69) is 10.3 Å². The Hall–Kier alpha value is -2.75. The van der Waals surface area contributed by atoms with E-state index in [0.717, 1.165) is 11.8 Å². The molecule has 0 aliphatic carbocycles. The van der Waals surface area contributed by atoms with E-state index in [1.807, 2.05) is 30.3 Å². The van der Waals surface area contributed by atoms with Crippen LogP contribution >= 0.6 is 11.8 Å². The fraction of sp³-hybridized carbons (Fsp3) is 0.375. The predicted octanol–water partition coefficient (Wildman–Crippen LogP) is 0.431. The molecule has 1 aromatic carbocycles. The van der Waals surface area contributed by atoms with Gasteiger partial charge in [-0.25, -0.2) is 9.79 Å². The summed E-state index contributed by atoms with van der Waals surface area (Å²) in [6.07, 6.45) is -0.677.